The minimum Gasteiger partial charge on any atom is -0.291 e. The number of amides is 1. The number of tetrazole rings is 1. The Morgan fingerprint density at radius 1 is 1.35 bits per heavy atom. The monoisotopic (exact) mass is 275 g/mol. The lowest BCUT2D eigenvalue weighted by atomic mass is 9.43. The van der Waals surface area contributed by atoms with Gasteiger partial charge in [-0.15, -0.1) is 5.10 Å². The summed E-state index contributed by atoms with van der Waals surface area (Å²) in [5.41, 5.74) is 0.236. The summed E-state index contributed by atoms with van der Waals surface area (Å²) in [7, 11) is 0. The first-order chi connectivity index (χ1) is 9.63. The number of hydrogen-bond donors (Lipinski definition) is 2. The quantitative estimate of drug-likeness (QED) is 0.885. The van der Waals surface area contributed by atoms with E-state index in [9.17, 15) is 4.79 Å². The molecule has 4 aliphatic rings. The van der Waals surface area contributed by atoms with Gasteiger partial charge in [0.05, 0.1) is 5.41 Å². The summed E-state index contributed by atoms with van der Waals surface area (Å²) in [5.74, 6) is 1.90. The van der Waals surface area contributed by atoms with Gasteiger partial charge in [0.25, 0.3) is 5.95 Å². The summed E-state index contributed by atoms with van der Waals surface area (Å²) in [6.07, 6.45) is 8.35. The lowest BCUT2D eigenvalue weighted by Crippen LogP contribution is -2.56. The van der Waals surface area contributed by atoms with E-state index in [4.69, 9.17) is 0 Å². The molecule has 4 bridgehead atoms. The van der Waals surface area contributed by atoms with Crippen LogP contribution < -0.4 is 5.32 Å². The Balaban J connectivity index is 1.61. The lowest BCUT2D eigenvalue weighted by molar-refractivity contribution is -0.152. The van der Waals surface area contributed by atoms with E-state index in [1.165, 1.54) is 25.7 Å². The maximum Gasteiger partial charge on any atom is 0.269 e. The molecule has 4 atom stereocenters. The van der Waals surface area contributed by atoms with Gasteiger partial charge >= 0.3 is 0 Å². The van der Waals surface area contributed by atoms with Crippen LogP contribution >= 0.6 is 0 Å². The van der Waals surface area contributed by atoms with Crippen LogP contribution in [0.15, 0.2) is 0 Å². The zero-order valence-corrected chi connectivity index (χ0v) is 11.9. The minimum atomic E-state index is -0.180. The van der Waals surface area contributed by atoms with Gasteiger partial charge in [0, 0.05) is 0 Å². The molecule has 0 radical (unpaired) electrons. The van der Waals surface area contributed by atoms with Crippen molar-refractivity contribution in [1.29, 1.82) is 0 Å². The Labute approximate surface area is 118 Å². The summed E-state index contributed by atoms with van der Waals surface area (Å²) in [6, 6.07) is 0. The second-order valence-electron chi connectivity index (χ2n) is 7.28. The fourth-order valence-corrected chi connectivity index (χ4v) is 5.58. The van der Waals surface area contributed by atoms with Gasteiger partial charge in [-0.3, -0.25) is 10.1 Å². The van der Waals surface area contributed by atoms with Crippen molar-refractivity contribution in [3.05, 3.63) is 0 Å². The number of H-pyrrole nitrogens is 1. The first-order valence-corrected chi connectivity index (χ1v) is 7.68. The second kappa shape index (κ2) is 4.02. The number of carbonyl (C=O) groups is 1. The third-order valence-corrected chi connectivity index (χ3v) is 5.98. The highest BCUT2D eigenvalue weighted by molar-refractivity contribution is 5.94. The summed E-state index contributed by atoms with van der Waals surface area (Å²) in [5, 5.41) is 16.4. The Hall–Kier alpha value is -1.46. The summed E-state index contributed by atoms with van der Waals surface area (Å²) in [6.45, 7) is 2.29. The Morgan fingerprint density at radius 3 is 2.70 bits per heavy atom. The molecule has 1 aromatic heterocycles. The molecule has 2 unspecified atom stereocenters. The van der Waals surface area contributed by atoms with Crippen molar-refractivity contribution in [1.82, 2.24) is 20.6 Å². The predicted molar refractivity (Wildman–Crippen MR) is 72.6 cm³/mol. The van der Waals surface area contributed by atoms with Crippen molar-refractivity contribution >= 4 is 11.9 Å². The number of rotatable bonds is 3. The first-order valence-electron chi connectivity index (χ1n) is 7.68. The summed E-state index contributed by atoms with van der Waals surface area (Å²) < 4.78 is 0. The summed E-state index contributed by atoms with van der Waals surface area (Å²) >= 11 is 0. The van der Waals surface area contributed by atoms with E-state index < -0.39 is 0 Å². The third kappa shape index (κ3) is 1.70. The van der Waals surface area contributed by atoms with Crippen LogP contribution in [0.3, 0.4) is 0 Å². The van der Waals surface area contributed by atoms with Crippen LogP contribution in [0.25, 0.3) is 0 Å². The average molecular weight is 275 g/mol. The molecule has 1 amide bonds. The van der Waals surface area contributed by atoms with Crippen molar-refractivity contribution in [2.24, 2.45) is 22.7 Å². The van der Waals surface area contributed by atoms with E-state index in [0.717, 1.165) is 31.1 Å². The fourth-order valence-electron chi connectivity index (χ4n) is 5.58. The zero-order chi connectivity index (χ0) is 13.8. The Kier molecular flexibility index (Phi) is 2.47. The topological polar surface area (TPSA) is 83.6 Å². The van der Waals surface area contributed by atoms with E-state index in [0.29, 0.717) is 11.4 Å². The van der Waals surface area contributed by atoms with Gasteiger partial charge < -0.3 is 0 Å². The highest BCUT2D eigenvalue weighted by Gasteiger charge is 2.59. The van der Waals surface area contributed by atoms with E-state index in [1.54, 1.807) is 0 Å². The molecule has 1 aromatic rings. The van der Waals surface area contributed by atoms with Crippen molar-refractivity contribution in [3.8, 4) is 0 Å². The molecule has 0 spiro atoms. The van der Waals surface area contributed by atoms with Gasteiger partial charge in [-0.25, -0.2) is 0 Å². The molecule has 4 saturated carbocycles. The number of nitrogens with one attached hydrogen (secondary N) is 2. The minimum absolute atomic E-state index is 0.117. The molecule has 6 heteroatoms. The molecule has 2 N–H and O–H groups in total. The van der Waals surface area contributed by atoms with Gasteiger partial charge in [-0.05, 0) is 61.0 Å². The van der Waals surface area contributed by atoms with Crippen LogP contribution in [0.2, 0.25) is 0 Å². The molecular formula is C14H21N5O. The van der Waals surface area contributed by atoms with Gasteiger partial charge in [0.2, 0.25) is 5.91 Å². The molecule has 0 aromatic carbocycles. The van der Waals surface area contributed by atoms with Crippen molar-refractivity contribution in [2.45, 2.75) is 51.9 Å². The molecule has 4 fully saturated rings. The Bertz CT molecular complexity index is 512. The standard InChI is InChI=1S/C14H21N5O/c1-2-13-4-9-3-10(5-13)7-14(6-9,8-13)11(20)15-12-16-18-19-17-12/h9-10H,2-8H2,1H3,(H2,15,16,17,18,19,20)/t9-,10+,13?,14?. The van der Waals surface area contributed by atoms with Crippen molar-refractivity contribution < 1.29 is 4.79 Å². The highest BCUT2D eigenvalue weighted by atomic mass is 16.2. The number of carbonyl (C=O) groups excluding carboxylic acids is 1. The number of aromatic amines is 1. The molecule has 5 rings (SSSR count). The van der Waals surface area contributed by atoms with Crippen LogP contribution in [0, 0.1) is 22.7 Å². The lowest BCUT2D eigenvalue weighted by Gasteiger charge is -2.61. The smallest absolute Gasteiger partial charge is 0.269 e. The number of anilines is 1. The fraction of sp³-hybridized carbons (Fsp3) is 0.857. The molecule has 4 aliphatic carbocycles. The SMILES string of the molecule is CCC12C[C@H]3C[C@@H](C1)CC(C(=O)Nc1nn[nH]n1)(C3)C2. The van der Waals surface area contributed by atoms with Crippen molar-refractivity contribution in [3.63, 3.8) is 0 Å². The molecule has 108 valence electrons. The third-order valence-electron chi connectivity index (χ3n) is 5.98. The van der Waals surface area contributed by atoms with Gasteiger partial charge in [0.15, 0.2) is 0 Å². The van der Waals surface area contributed by atoms with Crippen LogP contribution in [0.1, 0.15) is 51.9 Å². The average Bonchev–Trinajstić information content (AvgIpc) is 2.90. The van der Waals surface area contributed by atoms with E-state index >= 15 is 0 Å². The second-order valence-corrected chi connectivity index (χ2v) is 7.28. The van der Waals surface area contributed by atoms with Gasteiger partial charge in [0.1, 0.15) is 0 Å². The van der Waals surface area contributed by atoms with Crippen LogP contribution in [-0.4, -0.2) is 26.5 Å². The normalized spacial score (nSPS) is 41.9. The molecular weight excluding hydrogens is 254 g/mol. The predicted octanol–water partition coefficient (Wildman–Crippen LogP) is 2.13. The molecule has 20 heavy (non-hydrogen) atoms. The molecule has 6 nitrogen and oxygen atoms in total. The van der Waals surface area contributed by atoms with Crippen LogP contribution in [0.4, 0.5) is 5.95 Å². The summed E-state index contributed by atoms with van der Waals surface area (Å²) in [4.78, 5) is 12.8. The van der Waals surface area contributed by atoms with Gasteiger partial charge in [-0.2, -0.15) is 5.21 Å². The van der Waals surface area contributed by atoms with E-state index in [-0.39, 0.29) is 11.3 Å². The number of hydrogen-bond acceptors (Lipinski definition) is 4. The molecule has 0 saturated heterocycles. The van der Waals surface area contributed by atoms with E-state index in [2.05, 4.69) is 32.9 Å². The number of nitrogens with zero attached hydrogens (tertiary/aromatic N) is 3. The van der Waals surface area contributed by atoms with Gasteiger partial charge in [-0.1, -0.05) is 18.4 Å². The van der Waals surface area contributed by atoms with Crippen LogP contribution in [0.5, 0.6) is 0 Å². The van der Waals surface area contributed by atoms with Crippen LogP contribution in [-0.2, 0) is 4.79 Å². The molecule has 0 aliphatic heterocycles. The largest absolute Gasteiger partial charge is 0.291 e. The number of aromatic nitrogens is 4. The highest BCUT2D eigenvalue weighted by Crippen LogP contribution is 2.66. The first kappa shape index (κ1) is 12.3. The Morgan fingerprint density at radius 2 is 2.10 bits per heavy atom. The maximum atomic E-state index is 12.8. The zero-order valence-electron chi connectivity index (χ0n) is 11.9. The van der Waals surface area contributed by atoms with Crippen molar-refractivity contribution in [2.75, 3.05) is 5.32 Å². The maximum absolute atomic E-state index is 12.8. The van der Waals surface area contributed by atoms with E-state index in [1.807, 2.05) is 0 Å². The molecule has 1 heterocycles.